The predicted octanol–water partition coefficient (Wildman–Crippen LogP) is 4.19. The van der Waals surface area contributed by atoms with Gasteiger partial charge in [0.25, 0.3) is 5.91 Å². The number of nitrogens with one attached hydrogen (secondary N) is 1. The van der Waals surface area contributed by atoms with Crippen LogP contribution in [0, 0.1) is 25.2 Å². The SMILES string of the molecule is Cc1ccc(C#N)cc1NC(=O)c1cc(Br)ccc1C. The maximum atomic E-state index is 12.3. The standard InChI is InChI=1S/C16H13BrN2O/c1-10-4-6-13(17)8-14(10)16(20)19-15-7-12(9-18)5-3-11(15)2/h3-8H,1-2H3,(H,19,20). The molecule has 0 aromatic heterocycles. The first-order chi connectivity index (χ1) is 9.51. The first kappa shape index (κ1) is 14.3. The fourth-order valence-electron chi connectivity index (χ4n) is 1.85. The second-order valence-corrected chi connectivity index (χ2v) is 5.47. The molecule has 2 aromatic carbocycles. The van der Waals surface area contributed by atoms with E-state index < -0.39 is 0 Å². The van der Waals surface area contributed by atoms with Crippen molar-refractivity contribution in [3.8, 4) is 6.07 Å². The largest absolute Gasteiger partial charge is 0.322 e. The summed E-state index contributed by atoms with van der Waals surface area (Å²) >= 11 is 3.36. The summed E-state index contributed by atoms with van der Waals surface area (Å²) in [7, 11) is 0. The quantitative estimate of drug-likeness (QED) is 0.898. The van der Waals surface area contributed by atoms with E-state index in [0.717, 1.165) is 15.6 Å². The minimum absolute atomic E-state index is 0.179. The van der Waals surface area contributed by atoms with Gasteiger partial charge in [0.15, 0.2) is 0 Å². The summed E-state index contributed by atoms with van der Waals surface area (Å²) in [5.74, 6) is -0.179. The molecule has 0 atom stereocenters. The molecule has 1 N–H and O–H groups in total. The maximum absolute atomic E-state index is 12.3. The smallest absolute Gasteiger partial charge is 0.255 e. The van der Waals surface area contributed by atoms with Gasteiger partial charge in [0, 0.05) is 15.7 Å². The van der Waals surface area contributed by atoms with E-state index in [1.54, 1.807) is 18.2 Å². The van der Waals surface area contributed by atoms with Gasteiger partial charge in [-0.1, -0.05) is 28.1 Å². The molecule has 0 radical (unpaired) electrons. The molecular formula is C16H13BrN2O. The van der Waals surface area contributed by atoms with E-state index in [2.05, 4.69) is 27.3 Å². The summed E-state index contributed by atoms with van der Waals surface area (Å²) in [4.78, 5) is 12.3. The van der Waals surface area contributed by atoms with Gasteiger partial charge in [-0.25, -0.2) is 0 Å². The molecule has 0 aliphatic rings. The van der Waals surface area contributed by atoms with Crippen molar-refractivity contribution >= 4 is 27.5 Å². The molecule has 2 rings (SSSR count). The number of aryl methyl sites for hydroxylation is 2. The Morgan fingerprint density at radius 1 is 1.15 bits per heavy atom. The molecule has 0 saturated carbocycles. The van der Waals surface area contributed by atoms with Gasteiger partial charge in [-0.3, -0.25) is 4.79 Å². The Hall–Kier alpha value is -2.12. The third-order valence-electron chi connectivity index (χ3n) is 3.06. The van der Waals surface area contributed by atoms with Crippen LogP contribution in [-0.2, 0) is 0 Å². The first-order valence-corrected chi connectivity index (χ1v) is 6.89. The van der Waals surface area contributed by atoms with Crippen LogP contribution in [0.2, 0.25) is 0 Å². The Morgan fingerprint density at radius 3 is 2.55 bits per heavy atom. The van der Waals surface area contributed by atoms with Gasteiger partial charge in [-0.2, -0.15) is 5.26 Å². The van der Waals surface area contributed by atoms with E-state index in [4.69, 9.17) is 5.26 Å². The van der Waals surface area contributed by atoms with Gasteiger partial charge >= 0.3 is 0 Å². The number of benzene rings is 2. The zero-order valence-corrected chi connectivity index (χ0v) is 12.8. The lowest BCUT2D eigenvalue weighted by Crippen LogP contribution is -2.14. The van der Waals surface area contributed by atoms with Gasteiger partial charge in [0.1, 0.15) is 0 Å². The third-order valence-corrected chi connectivity index (χ3v) is 3.55. The molecule has 0 bridgehead atoms. The summed E-state index contributed by atoms with van der Waals surface area (Å²) in [6.45, 7) is 3.78. The van der Waals surface area contributed by atoms with E-state index in [9.17, 15) is 4.79 Å². The average molecular weight is 329 g/mol. The van der Waals surface area contributed by atoms with Gasteiger partial charge in [-0.15, -0.1) is 0 Å². The normalized spacial score (nSPS) is 9.90. The summed E-state index contributed by atoms with van der Waals surface area (Å²) in [5, 5.41) is 11.8. The summed E-state index contributed by atoms with van der Waals surface area (Å²) in [6.07, 6.45) is 0. The average Bonchev–Trinajstić information content (AvgIpc) is 2.43. The molecule has 0 heterocycles. The van der Waals surface area contributed by atoms with Gasteiger partial charge in [-0.05, 0) is 49.2 Å². The summed E-state index contributed by atoms with van der Waals surface area (Å²) < 4.78 is 0.857. The highest BCUT2D eigenvalue weighted by Crippen LogP contribution is 2.20. The molecule has 0 fully saturated rings. The minimum Gasteiger partial charge on any atom is -0.322 e. The highest BCUT2D eigenvalue weighted by molar-refractivity contribution is 9.10. The van der Waals surface area contributed by atoms with Crippen molar-refractivity contribution in [1.29, 1.82) is 5.26 Å². The van der Waals surface area contributed by atoms with Crippen molar-refractivity contribution in [2.45, 2.75) is 13.8 Å². The molecule has 0 aliphatic carbocycles. The third kappa shape index (κ3) is 3.06. The van der Waals surface area contributed by atoms with Crippen molar-refractivity contribution in [3.05, 3.63) is 63.1 Å². The summed E-state index contributed by atoms with van der Waals surface area (Å²) in [6, 6.07) is 12.9. The molecule has 0 unspecified atom stereocenters. The molecule has 0 saturated heterocycles. The fourth-order valence-corrected chi connectivity index (χ4v) is 2.22. The van der Waals surface area contributed by atoms with E-state index >= 15 is 0 Å². The van der Waals surface area contributed by atoms with Gasteiger partial charge in [0.2, 0.25) is 0 Å². The van der Waals surface area contributed by atoms with Crippen molar-refractivity contribution in [2.75, 3.05) is 5.32 Å². The van der Waals surface area contributed by atoms with Crippen LogP contribution in [0.3, 0.4) is 0 Å². The highest BCUT2D eigenvalue weighted by atomic mass is 79.9. The van der Waals surface area contributed by atoms with Gasteiger partial charge in [0.05, 0.1) is 11.6 Å². The number of anilines is 1. The minimum atomic E-state index is -0.179. The number of carbonyl (C=O) groups is 1. The molecule has 0 aliphatic heterocycles. The van der Waals surface area contributed by atoms with Crippen LogP contribution < -0.4 is 5.32 Å². The number of hydrogen-bond acceptors (Lipinski definition) is 2. The highest BCUT2D eigenvalue weighted by Gasteiger charge is 2.11. The van der Waals surface area contributed by atoms with E-state index in [0.29, 0.717) is 16.8 Å². The second kappa shape index (κ2) is 5.89. The number of nitriles is 1. The van der Waals surface area contributed by atoms with E-state index in [1.165, 1.54) is 0 Å². The second-order valence-electron chi connectivity index (χ2n) is 4.55. The lowest BCUT2D eigenvalue weighted by Gasteiger charge is -2.10. The number of nitrogens with zero attached hydrogens (tertiary/aromatic N) is 1. The van der Waals surface area contributed by atoms with Crippen molar-refractivity contribution < 1.29 is 4.79 Å². The zero-order chi connectivity index (χ0) is 14.7. The monoisotopic (exact) mass is 328 g/mol. The van der Waals surface area contributed by atoms with Crippen LogP contribution in [0.25, 0.3) is 0 Å². The molecule has 3 nitrogen and oxygen atoms in total. The van der Waals surface area contributed by atoms with Crippen molar-refractivity contribution in [1.82, 2.24) is 0 Å². The Labute approximate surface area is 126 Å². The van der Waals surface area contributed by atoms with Crippen molar-refractivity contribution in [2.24, 2.45) is 0 Å². The Kier molecular flexibility index (Phi) is 4.21. The number of carbonyl (C=O) groups excluding carboxylic acids is 1. The molecular weight excluding hydrogens is 316 g/mol. The van der Waals surface area contributed by atoms with Gasteiger partial charge < -0.3 is 5.32 Å². The number of amides is 1. The molecule has 2 aromatic rings. The van der Waals surface area contributed by atoms with Crippen LogP contribution in [-0.4, -0.2) is 5.91 Å². The Morgan fingerprint density at radius 2 is 1.85 bits per heavy atom. The Balaban J connectivity index is 2.33. The van der Waals surface area contributed by atoms with E-state index in [-0.39, 0.29) is 5.91 Å². The molecule has 1 amide bonds. The zero-order valence-electron chi connectivity index (χ0n) is 11.2. The lowest BCUT2D eigenvalue weighted by atomic mass is 10.1. The lowest BCUT2D eigenvalue weighted by molar-refractivity contribution is 0.102. The van der Waals surface area contributed by atoms with Crippen molar-refractivity contribution in [3.63, 3.8) is 0 Å². The number of rotatable bonds is 2. The number of halogens is 1. The van der Waals surface area contributed by atoms with Crippen LogP contribution in [0.1, 0.15) is 27.0 Å². The van der Waals surface area contributed by atoms with Crippen LogP contribution >= 0.6 is 15.9 Å². The molecule has 4 heteroatoms. The molecule has 100 valence electrons. The predicted molar refractivity (Wildman–Crippen MR) is 82.7 cm³/mol. The number of hydrogen-bond donors (Lipinski definition) is 1. The van der Waals surface area contributed by atoms with E-state index in [1.807, 2.05) is 32.0 Å². The maximum Gasteiger partial charge on any atom is 0.255 e. The molecule has 20 heavy (non-hydrogen) atoms. The van der Waals surface area contributed by atoms with Crippen LogP contribution in [0.4, 0.5) is 5.69 Å². The molecule has 0 spiro atoms. The topological polar surface area (TPSA) is 52.9 Å². The van der Waals surface area contributed by atoms with Crippen LogP contribution in [0.5, 0.6) is 0 Å². The summed E-state index contributed by atoms with van der Waals surface area (Å²) in [5.41, 5.74) is 3.62. The first-order valence-electron chi connectivity index (χ1n) is 6.09. The fraction of sp³-hybridized carbons (Fsp3) is 0.125. The Bertz CT molecular complexity index is 717. The van der Waals surface area contributed by atoms with Crippen LogP contribution in [0.15, 0.2) is 40.9 Å².